The molecule has 1 saturated heterocycles. The second kappa shape index (κ2) is 8.97. The highest BCUT2D eigenvalue weighted by Gasteiger charge is 2.23. The Labute approximate surface area is 173 Å². The minimum Gasteiger partial charge on any atom is -0.350 e. The third-order valence-corrected chi connectivity index (χ3v) is 7.06. The number of hydrogen-bond donors (Lipinski definition) is 2. The first-order valence-corrected chi connectivity index (χ1v) is 11.5. The van der Waals surface area contributed by atoms with Crippen LogP contribution in [-0.4, -0.2) is 44.9 Å². The first-order valence-electron chi connectivity index (χ1n) is 10.0. The summed E-state index contributed by atoms with van der Waals surface area (Å²) in [6.45, 7) is 8.63. The highest BCUT2D eigenvalue weighted by atomic mass is 32.2. The van der Waals surface area contributed by atoms with Gasteiger partial charge in [-0.05, 0) is 81.2 Å². The number of aryl methyl sites for hydroxylation is 1. The molecule has 0 radical (unpaired) electrons. The van der Waals surface area contributed by atoms with Crippen LogP contribution in [0.4, 0.5) is 5.69 Å². The topological polar surface area (TPSA) is 78.5 Å². The Kier molecular flexibility index (Phi) is 6.59. The molecular formula is C22H29N3O3S. The van der Waals surface area contributed by atoms with Crippen molar-refractivity contribution in [3.8, 4) is 0 Å². The molecule has 1 amide bonds. The molecule has 0 spiro atoms. The van der Waals surface area contributed by atoms with Crippen LogP contribution in [0.15, 0.2) is 47.4 Å². The molecule has 0 aliphatic carbocycles. The Hall–Kier alpha value is -2.38. The highest BCUT2D eigenvalue weighted by molar-refractivity contribution is 7.92. The molecule has 1 heterocycles. The van der Waals surface area contributed by atoms with Crippen molar-refractivity contribution < 1.29 is 13.2 Å². The molecule has 0 saturated carbocycles. The monoisotopic (exact) mass is 415 g/mol. The average Bonchev–Trinajstić information content (AvgIpc) is 3.17. The molecule has 0 aromatic heterocycles. The maximum atomic E-state index is 12.7. The van der Waals surface area contributed by atoms with Crippen molar-refractivity contribution in [1.29, 1.82) is 0 Å². The second-order valence-corrected chi connectivity index (χ2v) is 9.19. The van der Waals surface area contributed by atoms with Gasteiger partial charge in [-0.25, -0.2) is 8.42 Å². The van der Waals surface area contributed by atoms with E-state index >= 15 is 0 Å². The van der Waals surface area contributed by atoms with Crippen molar-refractivity contribution in [2.45, 2.75) is 44.6 Å². The fourth-order valence-corrected chi connectivity index (χ4v) is 4.83. The number of anilines is 1. The van der Waals surface area contributed by atoms with Gasteiger partial charge in [-0.1, -0.05) is 19.1 Å². The zero-order chi connectivity index (χ0) is 21.0. The van der Waals surface area contributed by atoms with Crippen molar-refractivity contribution in [3.63, 3.8) is 0 Å². The Morgan fingerprint density at radius 3 is 2.55 bits per heavy atom. The Morgan fingerprint density at radius 2 is 1.86 bits per heavy atom. The number of likely N-dealkylation sites (N-methyl/N-ethyl adjacent to an activating group) is 1. The minimum atomic E-state index is -3.72. The molecule has 6 nitrogen and oxygen atoms in total. The molecule has 1 fully saturated rings. The van der Waals surface area contributed by atoms with Crippen molar-refractivity contribution in [1.82, 2.24) is 10.2 Å². The van der Waals surface area contributed by atoms with E-state index in [2.05, 4.69) is 21.9 Å². The fraction of sp³-hybridized carbons (Fsp3) is 0.409. The van der Waals surface area contributed by atoms with Crippen LogP contribution in [0.2, 0.25) is 0 Å². The number of rotatable bonds is 7. The molecule has 3 rings (SSSR count). The second-order valence-electron chi connectivity index (χ2n) is 7.51. The lowest BCUT2D eigenvalue weighted by Crippen LogP contribution is -2.40. The molecule has 2 aromatic rings. The van der Waals surface area contributed by atoms with Crippen LogP contribution < -0.4 is 10.0 Å². The summed E-state index contributed by atoms with van der Waals surface area (Å²) in [5, 5.41) is 2.97. The van der Waals surface area contributed by atoms with E-state index in [1.54, 1.807) is 18.2 Å². The van der Waals surface area contributed by atoms with Gasteiger partial charge in [0.05, 0.1) is 10.6 Å². The van der Waals surface area contributed by atoms with Crippen LogP contribution in [0, 0.1) is 13.8 Å². The number of nitrogens with zero attached hydrogens (tertiary/aromatic N) is 1. The van der Waals surface area contributed by atoms with Gasteiger partial charge in [0.15, 0.2) is 0 Å². The highest BCUT2D eigenvalue weighted by Crippen LogP contribution is 2.22. The summed E-state index contributed by atoms with van der Waals surface area (Å²) in [5.74, 6) is -0.181. The number of amides is 1. The number of carbonyl (C=O) groups is 1. The van der Waals surface area contributed by atoms with Gasteiger partial charge in [-0.2, -0.15) is 0 Å². The summed E-state index contributed by atoms with van der Waals surface area (Å²) in [6.07, 6.45) is 2.25. The smallest absolute Gasteiger partial charge is 0.261 e. The number of hydrogen-bond acceptors (Lipinski definition) is 4. The number of benzene rings is 2. The third-order valence-electron chi connectivity index (χ3n) is 5.68. The van der Waals surface area contributed by atoms with Crippen molar-refractivity contribution in [2.75, 3.05) is 24.4 Å². The van der Waals surface area contributed by atoms with Crippen LogP contribution >= 0.6 is 0 Å². The van der Waals surface area contributed by atoms with Crippen molar-refractivity contribution in [2.24, 2.45) is 0 Å². The van der Waals surface area contributed by atoms with E-state index in [0.29, 0.717) is 23.8 Å². The Balaban J connectivity index is 1.65. The standard InChI is InChI=1S/C22H29N3O3S/c1-4-25-14-6-8-19(25)15-23-22(26)18-10-12-20(13-11-18)29(27,28)24-21-9-5-7-16(2)17(21)3/h5,7,9-13,19,24H,4,6,8,14-15H2,1-3H3,(H,23,26)/t19-/m1/s1. The van der Waals surface area contributed by atoms with E-state index < -0.39 is 10.0 Å². The maximum Gasteiger partial charge on any atom is 0.261 e. The maximum absolute atomic E-state index is 12.7. The van der Waals surface area contributed by atoms with Gasteiger partial charge >= 0.3 is 0 Å². The molecule has 156 valence electrons. The zero-order valence-corrected chi connectivity index (χ0v) is 18.1. The largest absolute Gasteiger partial charge is 0.350 e. The van der Waals surface area contributed by atoms with Gasteiger partial charge < -0.3 is 5.32 Å². The zero-order valence-electron chi connectivity index (χ0n) is 17.2. The average molecular weight is 416 g/mol. The fourth-order valence-electron chi connectivity index (χ4n) is 3.71. The first kappa shape index (κ1) is 21.3. The number of nitrogens with one attached hydrogen (secondary N) is 2. The van der Waals surface area contributed by atoms with Crippen molar-refractivity contribution >= 4 is 21.6 Å². The first-order chi connectivity index (χ1) is 13.8. The normalized spacial score (nSPS) is 17.3. The number of carbonyl (C=O) groups excluding carboxylic acids is 1. The van der Waals surface area contributed by atoms with Crippen LogP contribution in [0.25, 0.3) is 0 Å². The van der Waals surface area contributed by atoms with Gasteiger partial charge in [0.2, 0.25) is 0 Å². The SMILES string of the molecule is CCN1CCC[C@@H]1CNC(=O)c1ccc(S(=O)(=O)Nc2cccc(C)c2C)cc1. The molecule has 29 heavy (non-hydrogen) atoms. The van der Waals surface area contributed by atoms with E-state index in [-0.39, 0.29) is 10.8 Å². The summed E-state index contributed by atoms with van der Waals surface area (Å²) in [4.78, 5) is 14.9. The molecule has 2 N–H and O–H groups in total. The number of sulfonamides is 1. The molecule has 1 aliphatic heterocycles. The summed E-state index contributed by atoms with van der Waals surface area (Å²) in [7, 11) is -3.72. The van der Waals surface area contributed by atoms with E-state index in [0.717, 1.165) is 37.1 Å². The lowest BCUT2D eigenvalue weighted by molar-refractivity contribution is 0.0941. The summed E-state index contributed by atoms with van der Waals surface area (Å²) in [6, 6.07) is 11.9. The van der Waals surface area contributed by atoms with Gasteiger partial charge in [0.1, 0.15) is 0 Å². The summed E-state index contributed by atoms with van der Waals surface area (Å²) in [5.41, 5.74) is 2.92. The third kappa shape index (κ3) is 4.97. The summed E-state index contributed by atoms with van der Waals surface area (Å²) >= 11 is 0. The van der Waals surface area contributed by atoms with Crippen LogP contribution in [-0.2, 0) is 10.0 Å². The van der Waals surface area contributed by atoms with E-state index in [1.165, 1.54) is 12.1 Å². The number of likely N-dealkylation sites (tertiary alicyclic amines) is 1. The minimum absolute atomic E-state index is 0.128. The quantitative estimate of drug-likeness (QED) is 0.727. The molecule has 0 bridgehead atoms. The summed E-state index contributed by atoms with van der Waals surface area (Å²) < 4.78 is 28.0. The van der Waals surface area contributed by atoms with Crippen LogP contribution in [0.3, 0.4) is 0 Å². The van der Waals surface area contributed by atoms with Gasteiger partial charge in [-0.3, -0.25) is 14.4 Å². The lowest BCUT2D eigenvalue weighted by atomic mass is 10.1. The predicted molar refractivity (Wildman–Crippen MR) is 116 cm³/mol. The van der Waals surface area contributed by atoms with Crippen LogP contribution in [0.1, 0.15) is 41.3 Å². The molecule has 2 aromatic carbocycles. The molecule has 0 unspecified atom stereocenters. The molecule has 1 aliphatic rings. The Bertz CT molecular complexity index is 971. The van der Waals surface area contributed by atoms with Crippen LogP contribution in [0.5, 0.6) is 0 Å². The van der Waals surface area contributed by atoms with Crippen molar-refractivity contribution in [3.05, 3.63) is 59.2 Å². The molecule has 7 heteroatoms. The van der Waals surface area contributed by atoms with E-state index in [9.17, 15) is 13.2 Å². The molecular weight excluding hydrogens is 386 g/mol. The van der Waals surface area contributed by atoms with E-state index in [4.69, 9.17) is 0 Å². The van der Waals surface area contributed by atoms with E-state index in [1.807, 2.05) is 26.0 Å². The molecule has 1 atom stereocenters. The van der Waals surface area contributed by atoms with Gasteiger partial charge in [0.25, 0.3) is 15.9 Å². The van der Waals surface area contributed by atoms with Gasteiger partial charge in [0, 0.05) is 18.2 Å². The van der Waals surface area contributed by atoms with Gasteiger partial charge in [-0.15, -0.1) is 0 Å². The Morgan fingerprint density at radius 1 is 1.14 bits per heavy atom. The lowest BCUT2D eigenvalue weighted by Gasteiger charge is -2.22. The predicted octanol–water partition coefficient (Wildman–Crippen LogP) is 3.32.